The molecule has 0 radical (unpaired) electrons. The summed E-state index contributed by atoms with van der Waals surface area (Å²) in [5, 5.41) is 0. The van der Waals surface area contributed by atoms with Gasteiger partial charge >= 0.3 is 0 Å². The molecule has 9 heavy (non-hydrogen) atoms. The summed E-state index contributed by atoms with van der Waals surface area (Å²) < 4.78 is 0. The van der Waals surface area contributed by atoms with E-state index in [0.29, 0.717) is 11.5 Å². The summed E-state index contributed by atoms with van der Waals surface area (Å²) >= 11 is 5.40. The highest BCUT2D eigenvalue weighted by Crippen LogP contribution is 2.03. The fourth-order valence-corrected chi connectivity index (χ4v) is 0.590. The number of alkyl halides is 1. The Balaban J connectivity index is 3.39. The summed E-state index contributed by atoms with van der Waals surface area (Å²) in [7, 11) is 0. The van der Waals surface area contributed by atoms with Gasteiger partial charge in [0.05, 0.1) is 0 Å². The Hall–Kier alpha value is -0.300. The van der Waals surface area contributed by atoms with Gasteiger partial charge in [0.15, 0.2) is 5.78 Å². The van der Waals surface area contributed by atoms with Crippen molar-refractivity contribution in [3.8, 4) is 0 Å². The third kappa shape index (κ3) is 4.22. The second kappa shape index (κ2) is 4.57. The van der Waals surface area contributed by atoms with E-state index in [1.165, 1.54) is 6.92 Å². The van der Waals surface area contributed by atoms with Gasteiger partial charge in [0.25, 0.3) is 0 Å². The molecule has 2 heteroatoms. The van der Waals surface area contributed by atoms with Crippen molar-refractivity contribution in [2.75, 3.05) is 5.88 Å². The maximum absolute atomic E-state index is 10.5. The van der Waals surface area contributed by atoms with Crippen LogP contribution in [0.1, 0.15) is 19.8 Å². The van der Waals surface area contributed by atoms with Crippen LogP contribution in [0.4, 0.5) is 0 Å². The quantitative estimate of drug-likeness (QED) is 0.439. The molecular weight excluding hydrogens is 136 g/mol. The minimum atomic E-state index is 0.0696. The Bertz CT molecular complexity index is 118. The van der Waals surface area contributed by atoms with Crippen LogP contribution in [0.3, 0.4) is 0 Å². The number of carbonyl (C=O) groups is 1. The molecule has 0 N–H and O–H groups in total. The summed E-state index contributed by atoms with van der Waals surface area (Å²) in [6.07, 6.45) is 1.58. The molecular formula is C7H11ClO. The number of carbonyl (C=O) groups excluding carboxylic acids is 1. The second-order valence-corrected chi connectivity index (χ2v) is 2.33. The molecule has 0 aromatic heterocycles. The van der Waals surface area contributed by atoms with Crippen LogP contribution in [-0.2, 0) is 4.79 Å². The van der Waals surface area contributed by atoms with Crippen molar-refractivity contribution in [3.63, 3.8) is 0 Å². The molecule has 0 aliphatic carbocycles. The lowest BCUT2D eigenvalue weighted by molar-refractivity contribution is -0.113. The van der Waals surface area contributed by atoms with E-state index in [4.69, 9.17) is 11.6 Å². The summed E-state index contributed by atoms with van der Waals surface area (Å²) in [4.78, 5) is 10.5. The molecule has 0 aromatic carbocycles. The Kier molecular flexibility index (Phi) is 4.41. The zero-order valence-corrected chi connectivity index (χ0v) is 6.37. The predicted octanol–water partition coefficient (Wildman–Crippen LogP) is 2.15. The van der Waals surface area contributed by atoms with Gasteiger partial charge in [-0.15, -0.1) is 11.6 Å². The van der Waals surface area contributed by atoms with E-state index in [9.17, 15) is 4.79 Å². The lowest BCUT2D eigenvalue weighted by Crippen LogP contribution is -1.94. The zero-order chi connectivity index (χ0) is 7.28. The van der Waals surface area contributed by atoms with Crippen LogP contribution in [0.25, 0.3) is 0 Å². The molecule has 0 heterocycles. The van der Waals surface area contributed by atoms with Gasteiger partial charge in [0, 0.05) is 5.88 Å². The van der Waals surface area contributed by atoms with Crippen molar-refractivity contribution < 1.29 is 4.79 Å². The van der Waals surface area contributed by atoms with Gasteiger partial charge in [0.1, 0.15) is 0 Å². The SMILES string of the molecule is C=C(CCCCl)C(C)=O. The molecule has 0 bridgehead atoms. The summed E-state index contributed by atoms with van der Waals surface area (Å²) in [6, 6.07) is 0. The third-order valence-corrected chi connectivity index (χ3v) is 1.38. The highest BCUT2D eigenvalue weighted by atomic mass is 35.5. The average molecular weight is 147 g/mol. The predicted molar refractivity (Wildman–Crippen MR) is 39.8 cm³/mol. The minimum Gasteiger partial charge on any atom is -0.295 e. The van der Waals surface area contributed by atoms with Gasteiger partial charge in [-0.1, -0.05) is 6.58 Å². The number of allylic oxidation sites excluding steroid dienone is 1. The van der Waals surface area contributed by atoms with Gasteiger partial charge in [-0.2, -0.15) is 0 Å². The first-order valence-electron chi connectivity index (χ1n) is 2.93. The minimum absolute atomic E-state index is 0.0696. The van der Waals surface area contributed by atoms with Crippen LogP contribution < -0.4 is 0 Å². The lowest BCUT2D eigenvalue weighted by atomic mass is 10.1. The van der Waals surface area contributed by atoms with Crippen LogP contribution in [0.15, 0.2) is 12.2 Å². The summed E-state index contributed by atoms with van der Waals surface area (Å²) in [6.45, 7) is 5.11. The first kappa shape index (κ1) is 8.70. The van der Waals surface area contributed by atoms with Crippen molar-refractivity contribution in [1.29, 1.82) is 0 Å². The molecule has 52 valence electrons. The monoisotopic (exact) mass is 146 g/mol. The fourth-order valence-electron chi connectivity index (χ4n) is 0.456. The number of halogens is 1. The summed E-state index contributed by atoms with van der Waals surface area (Å²) in [5.41, 5.74) is 0.677. The Morgan fingerprint density at radius 2 is 2.22 bits per heavy atom. The topological polar surface area (TPSA) is 17.1 Å². The first-order valence-corrected chi connectivity index (χ1v) is 3.46. The number of rotatable bonds is 4. The molecule has 0 spiro atoms. The maximum atomic E-state index is 10.5. The molecule has 0 aliphatic rings. The Labute approximate surface area is 60.7 Å². The van der Waals surface area contributed by atoms with Crippen molar-refractivity contribution in [2.24, 2.45) is 0 Å². The highest BCUT2D eigenvalue weighted by Gasteiger charge is 1.97. The zero-order valence-electron chi connectivity index (χ0n) is 5.61. The van der Waals surface area contributed by atoms with Crippen LogP contribution in [0.5, 0.6) is 0 Å². The van der Waals surface area contributed by atoms with E-state index in [1.807, 2.05) is 0 Å². The van der Waals surface area contributed by atoms with Crippen LogP contribution in [0.2, 0.25) is 0 Å². The van der Waals surface area contributed by atoms with Crippen molar-refractivity contribution in [2.45, 2.75) is 19.8 Å². The molecule has 0 fully saturated rings. The first-order chi connectivity index (χ1) is 4.18. The third-order valence-electron chi connectivity index (χ3n) is 1.11. The highest BCUT2D eigenvalue weighted by molar-refractivity contribution is 6.17. The van der Waals surface area contributed by atoms with Crippen LogP contribution in [-0.4, -0.2) is 11.7 Å². The van der Waals surface area contributed by atoms with Crippen LogP contribution >= 0.6 is 11.6 Å². The van der Waals surface area contributed by atoms with Gasteiger partial charge in [-0.3, -0.25) is 4.79 Å². The van der Waals surface area contributed by atoms with E-state index in [0.717, 1.165) is 12.8 Å². The molecule has 0 saturated carbocycles. The van der Waals surface area contributed by atoms with Gasteiger partial charge < -0.3 is 0 Å². The molecule has 0 aromatic rings. The summed E-state index contributed by atoms with van der Waals surface area (Å²) in [5.74, 6) is 0.673. The Morgan fingerprint density at radius 1 is 1.67 bits per heavy atom. The molecule has 0 atom stereocenters. The standard InChI is InChI=1S/C7H11ClO/c1-6(7(2)9)4-3-5-8/h1,3-5H2,2H3. The molecule has 0 rings (SSSR count). The van der Waals surface area contributed by atoms with Crippen molar-refractivity contribution in [1.82, 2.24) is 0 Å². The van der Waals surface area contributed by atoms with Crippen molar-refractivity contribution >= 4 is 17.4 Å². The van der Waals surface area contributed by atoms with Gasteiger partial charge in [0.2, 0.25) is 0 Å². The van der Waals surface area contributed by atoms with Gasteiger partial charge in [-0.25, -0.2) is 0 Å². The molecule has 0 saturated heterocycles. The van der Waals surface area contributed by atoms with E-state index < -0.39 is 0 Å². The average Bonchev–Trinajstić information content (AvgIpc) is 1.82. The van der Waals surface area contributed by atoms with Crippen LogP contribution in [0, 0.1) is 0 Å². The molecule has 0 amide bonds. The number of Topliss-reactive ketones (excluding diaryl/α,β-unsaturated/α-hetero) is 1. The second-order valence-electron chi connectivity index (χ2n) is 1.95. The molecule has 0 unspecified atom stereocenters. The van der Waals surface area contributed by atoms with E-state index in [-0.39, 0.29) is 5.78 Å². The van der Waals surface area contributed by atoms with Gasteiger partial charge in [-0.05, 0) is 25.3 Å². The lowest BCUT2D eigenvalue weighted by Gasteiger charge is -1.95. The number of ketones is 1. The van der Waals surface area contributed by atoms with E-state index in [1.54, 1.807) is 0 Å². The van der Waals surface area contributed by atoms with Crippen molar-refractivity contribution in [3.05, 3.63) is 12.2 Å². The molecule has 1 nitrogen and oxygen atoms in total. The number of hydrogen-bond donors (Lipinski definition) is 0. The maximum Gasteiger partial charge on any atom is 0.155 e. The van der Waals surface area contributed by atoms with E-state index in [2.05, 4.69) is 6.58 Å². The normalized spacial score (nSPS) is 9.11. The Morgan fingerprint density at radius 3 is 2.56 bits per heavy atom. The largest absolute Gasteiger partial charge is 0.295 e. The fraction of sp³-hybridized carbons (Fsp3) is 0.571. The smallest absolute Gasteiger partial charge is 0.155 e. The van der Waals surface area contributed by atoms with E-state index >= 15 is 0 Å². The number of hydrogen-bond acceptors (Lipinski definition) is 1. The molecule has 0 aliphatic heterocycles.